The highest BCUT2D eigenvalue weighted by atomic mass is 16.3. The summed E-state index contributed by atoms with van der Waals surface area (Å²) in [7, 11) is 3.17. The third-order valence-electron chi connectivity index (χ3n) is 8.97. The standard InChI is InChI=1S/C28H35N3O7/c1-13-6-8-31(9-7-13)12-14-4-5-18(32)20-16(14)10-15-11-17-22(30(2)3)24(34)21(27(29)37)26(36)28(17,38)25(35)19(15)23(20)33/h4-5,13,15,17,22,32-33,36,38H,6-12H2,1-3H3,(H2,29,37)/t15-,17-,22-,28-/m0/s1. The monoisotopic (exact) mass is 525 g/mol. The third kappa shape index (κ3) is 3.77. The van der Waals surface area contributed by atoms with Crippen molar-refractivity contribution in [3.8, 4) is 5.75 Å². The van der Waals surface area contributed by atoms with Gasteiger partial charge in [0.1, 0.15) is 22.8 Å². The van der Waals surface area contributed by atoms with E-state index in [0.717, 1.165) is 37.1 Å². The van der Waals surface area contributed by atoms with Gasteiger partial charge in [-0.15, -0.1) is 0 Å². The number of fused-ring (bicyclic) bond motifs is 3. The van der Waals surface area contributed by atoms with Crippen LogP contribution in [0.15, 0.2) is 29.0 Å². The zero-order chi connectivity index (χ0) is 27.7. The second-order valence-corrected chi connectivity index (χ2v) is 11.5. The summed E-state index contributed by atoms with van der Waals surface area (Å²) >= 11 is 0. The Kier molecular flexibility index (Phi) is 6.40. The average Bonchev–Trinajstić information content (AvgIpc) is 2.84. The van der Waals surface area contributed by atoms with E-state index in [4.69, 9.17) is 5.73 Å². The molecule has 2 fully saturated rings. The van der Waals surface area contributed by atoms with E-state index in [2.05, 4.69) is 11.8 Å². The number of benzene rings is 1. The van der Waals surface area contributed by atoms with Gasteiger partial charge in [-0.05, 0) is 81.9 Å². The number of aromatic hydroxyl groups is 1. The van der Waals surface area contributed by atoms with Gasteiger partial charge < -0.3 is 26.2 Å². The summed E-state index contributed by atoms with van der Waals surface area (Å²) < 4.78 is 0. The predicted molar refractivity (Wildman–Crippen MR) is 138 cm³/mol. The number of hydrogen-bond acceptors (Lipinski definition) is 9. The number of phenolic OH excluding ortho intramolecular Hbond substituents is 1. The van der Waals surface area contributed by atoms with Crippen molar-refractivity contribution < 1.29 is 34.8 Å². The minimum absolute atomic E-state index is 0.0854. The lowest BCUT2D eigenvalue weighted by atomic mass is 9.57. The molecule has 5 rings (SSSR count). The molecule has 4 aliphatic rings. The van der Waals surface area contributed by atoms with Gasteiger partial charge in [0, 0.05) is 18.0 Å². The molecule has 10 nitrogen and oxygen atoms in total. The van der Waals surface area contributed by atoms with Crippen LogP contribution in [0, 0.1) is 17.8 Å². The van der Waals surface area contributed by atoms with Crippen molar-refractivity contribution in [1.29, 1.82) is 0 Å². The molecule has 6 N–H and O–H groups in total. The fourth-order valence-corrected chi connectivity index (χ4v) is 6.92. The van der Waals surface area contributed by atoms with Crippen molar-refractivity contribution >= 4 is 23.2 Å². The molecule has 0 aromatic heterocycles. The zero-order valence-electron chi connectivity index (χ0n) is 21.9. The Balaban J connectivity index is 1.62. The number of amides is 1. The quantitative estimate of drug-likeness (QED) is 0.363. The van der Waals surface area contributed by atoms with Gasteiger partial charge in [0.25, 0.3) is 5.91 Å². The molecule has 1 saturated carbocycles. The molecule has 1 heterocycles. The molecular weight excluding hydrogens is 490 g/mol. The molecule has 38 heavy (non-hydrogen) atoms. The summed E-state index contributed by atoms with van der Waals surface area (Å²) in [5.74, 6) is -5.69. The summed E-state index contributed by atoms with van der Waals surface area (Å²) in [6.07, 6.45) is 2.58. The van der Waals surface area contributed by atoms with Crippen LogP contribution >= 0.6 is 0 Å². The Hall–Kier alpha value is -3.21. The first kappa shape index (κ1) is 26.4. The summed E-state index contributed by atoms with van der Waals surface area (Å²) in [6, 6.07) is 2.24. The van der Waals surface area contributed by atoms with Crippen molar-refractivity contribution in [2.24, 2.45) is 23.5 Å². The highest BCUT2D eigenvalue weighted by molar-refractivity contribution is 6.24. The number of carbonyl (C=O) groups is 3. The van der Waals surface area contributed by atoms with Gasteiger partial charge >= 0.3 is 0 Å². The molecular formula is C28H35N3O7. The van der Waals surface area contributed by atoms with Crippen LogP contribution in [0.25, 0.3) is 5.76 Å². The van der Waals surface area contributed by atoms with Crippen LogP contribution in [-0.4, -0.2) is 86.5 Å². The number of piperidine rings is 1. The van der Waals surface area contributed by atoms with E-state index in [1.807, 2.05) is 6.07 Å². The van der Waals surface area contributed by atoms with Crippen molar-refractivity contribution in [3.63, 3.8) is 0 Å². The highest BCUT2D eigenvalue weighted by Crippen LogP contribution is 2.53. The number of primary amides is 1. The van der Waals surface area contributed by atoms with E-state index in [1.54, 1.807) is 14.1 Å². The van der Waals surface area contributed by atoms with E-state index < -0.39 is 58.0 Å². The van der Waals surface area contributed by atoms with Gasteiger partial charge in [0.15, 0.2) is 11.4 Å². The van der Waals surface area contributed by atoms with Crippen molar-refractivity contribution in [2.45, 2.75) is 50.8 Å². The summed E-state index contributed by atoms with van der Waals surface area (Å²) in [4.78, 5) is 43.0. The van der Waals surface area contributed by atoms with Crippen LogP contribution in [0.2, 0.25) is 0 Å². The number of rotatable bonds is 4. The van der Waals surface area contributed by atoms with Crippen molar-refractivity contribution in [3.05, 3.63) is 45.7 Å². The third-order valence-corrected chi connectivity index (χ3v) is 8.97. The molecule has 1 aromatic carbocycles. The Labute approximate surface area is 221 Å². The molecule has 10 heteroatoms. The van der Waals surface area contributed by atoms with Gasteiger partial charge in [-0.2, -0.15) is 0 Å². The molecule has 1 saturated heterocycles. The molecule has 0 spiro atoms. The van der Waals surface area contributed by atoms with Gasteiger partial charge in [0.2, 0.25) is 5.78 Å². The van der Waals surface area contributed by atoms with Crippen LogP contribution in [0.4, 0.5) is 0 Å². The lowest BCUT2D eigenvalue weighted by Gasteiger charge is -2.50. The largest absolute Gasteiger partial charge is 0.508 e. The summed E-state index contributed by atoms with van der Waals surface area (Å²) in [6.45, 7) is 4.76. The highest BCUT2D eigenvalue weighted by Gasteiger charge is 2.64. The fourth-order valence-electron chi connectivity index (χ4n) is 6.92. The normalized spacial score (nSPS) is 30.4. The minimum atomic E-state index is -2.62. The summed E-state index contributed by atoms with van der Waals surface area (Å²) in [5.41, 5.74) is 3.61. The maximum Gasteiger partial charge on any atom is 0.255 e. The second kappa shape index (κ2) is 9.21. The number of nitrogens with two attached hydrogens (primary N) is 1. The van der Waals surface area contributed by atoms with Crippen molar-refractivity contribution in [2.75, 3.05) is 27.2 Å². The first-order valence-corrected chi connectivity index (χ1v) is 13.1. The molecule has 1 aliphatic heterocycles. The minimum Gasteiger partial charge on any atom is -0.508 e. The van der Waals surface area contributed by atoms with E-state index in [-0.39, 0.29) is 23.3 Å². The first-order chi connectivity index (χ1) is 17.9. The smallest absolute Gasteiger partial charge is 0.255 e. The molecule has 3 aliphatic carbocycles. The number of aliphatic hydroxyl groups is 3. The number of ketones is 2. The van der Waals surface area contributed by atoms with E-state index in [1.165, 1.54) is 11.0 Å². The SMILES string of the molecule is CC1CCN(Cc2ccc(O)c3c2C[C@H]2C[C@H]4[C@H](N(C)C)C(=O)C(C(N)=O)=C(O)[C@@]4(O)C(=O)C2=C3O)CC1. The fraction of sp³-hybridized carbons (Fsp3) is 0.536. The van der Waals surface area contributed by atoms with E-state index >= 15 is 0 Å². The Morgan fingerprint density at radius 2 is 1.82 bits per heavy atom. The molecule has 1 aromatic rings. The predicted octanol–water partition coefficient (Wildman–Crippen LogP) is 1.20. The first-order valence-electron chi connectivity index (χ1n) is 13.1. The lowest BCUT2D eigenvalue weighted by molar-refractivity contribution is -0.153. The Bertz CT molecular complexity index is 1290. The number of phenols is 1. The Morgan fingerprint density at radius 1 is 1.16 bits per heavy atom. The molecule has 4 atom stereocenters. The zero-order valence-corrected chi connectivity index (χ0v) is 21.9. The second-order valence-electron chi connectivity index (χ2n) is 11.5. The van der Waals surface area contributed by atoms with Gasteiger partial charge in [-0.3, -0.25) is 24.2 Å². The maximum absolute atomic E-state index is 13.9. The number of carbonyl (C=O) groups excluding carboxylic acids is 3. The van der Waals surface area contributed by atoms with Crippen LogP contribution in [0.3, 0.4) is 0 Å². The van der Waals surface area contributed by atoms with Crippen LogP contribution in [-0.2, 0) is 27.3 Å². The molecule has 204 valence electrons. The average molecular weight is 526 g/mol. The van der Waals surface area contributed by atoms with Crippen LogP contribution in [0.1, 0.15) is 42.9 Å². The number of Topliss-reactive ketones (excluding diaryl/α,β-unsaturated/α-hetero) is 2. The van der Waals surface area contributed by atoms with E-state index in [9.17, 15) is 34.8 Å². The number of likely N-dealkylation sites (N-methyl/N-ethyl adjacent to an activating group) is 1. The molecule has 0 bridgehead atoms. The number of nitrogens with zero attached hydrogens (tertiary/aromatic N) is 2. The van der Waals surface area contributed by atoms with Gasteiger partial charge in [0.05, 0.1) is 11.6 Å². The van der Waals surface area contributed by atoms with Crippen LogP contribution < -0.4 is 5.73 Å². The number of aliphatic hydroxyl groups excluding tert-OH is 2. The topological polar surface area (TPSA) is 165 Å². The molecule has 0 radical (unpaired) electrons. The molecule has 0 unspecified atom stereocenters. The lowest BCUT2D eigenvalue weighted by Crippen LogP contribution is -2.65. The van der Waals surface area contributed by atoms with Crippen LogP contribution in [0.5, 0.6) is 5.75 Å². The van der Waals surface area contributed by atoms with E-state index in [0.29, 0.717) is 18.9 Å². The molecule has 1 amide bonds. The number of hydrogen-bond donors (Lipinski definition) is 5. The Morgan fingerprint density at radius 3 is 2.42 bits per heavy atom. The maximum atomic E-state index is 13.9. The van der Waals surface area contributed by atoms with Crippen molar-refractivity contribution in [1.82, 2.24) is 9.80 Å². The van der Waals surface area contributed by atoms with Gasteiger partial charge in [-0.1, -0.05) is 13.0 Å². The summed E-state index contributed by atoms with van der Waals surface area (Å²) in [5, 5.41) is 44.7. The number of likely N-dealkylation sites (tertiary alicyclic amines) is 1. The van der Waals surface area contributed by atoms with Gasteiger partial charge in [-0.25, -0.2) is 0 Å².